The highest BCUT2D eigenvalue weighted by molar-refractivity contribution is 7.85. The van der Waals surface area contributed by atoms with Gasteiger partial charge in [0.25, 0.3) is 0 Å². The van der Waals surface area contributed by atoms with Crippen molar-refractivity contribution >= 4 is 28.1 Å². The van der Waals surface area contributed by atoms with Crippen LogP contribution < -0.4 is 11.1 Å². The molecule has 0 saturated heterocycles. The van der Waals surface area contributed by atoms with E-state index in [-0.39, 0.29) is 17.1 Å². The molecule has 1 aromatic carbocycles. The first kappa shape index (κ1) is 15.6. The standard InChI is InChI=1S/C13H19FN2O2S/c1-3-9(2)7-19(18)8-13(17)16-12-6-10(14)4-5-11(12)15/h4-6,9H,3,7-8,15H2,1-2H3,(H,16,17). The van der Waals surface area contributed by atoms with Gasteiger partial charge in [-0.3, -0.25) is 9.00 Å². The molecular weight excluding hydrogens is 267 g/mol. The Morgan fingerprint density at radius 3 is 2.84 bits per heavy atom. The molecule has 1 rings (SSSR count). The van der Waals surface area contributed by atoms with Gasteiger partial charge in [0.2, 0.25) is 5.91 Å². The summed E-state index contributed by atoms with van der Waals surface area (Å²) in [5.41, 5.74) is 6.11. The number of rotatable bonds is 6. The zero-order valence-electron chi connectivity index (χ0n) is 11.1. The highest BCUT2D eigenvalue weighted by Crippen LogP contribution is 2.19. The minimum atomic E-state index is -1.21. The topological polar surface area (TPSA) is 72.2 Å². The number of hydrogen-bond donors (Lipinski definition) is 2. The molecule has 19 heavy (non-hydrogen) atoms. The average molecular weight is 286 g/mol. The van der Waals surface area contributed by atoms with Crippen LogP contribution in [-0.2, 0) is 15.6 Å². The third-order valence-corrected chi connectivity index (χ3v) is 4.27. The molecule has 4 nitrogen and oxygen atoms in total. The summed E-state index contributed by atoms with van der Waals surface area (Å²) in [6.07, 6.45) is 0.921. The molecule has 0 saturated carbocycles. The maximum atomic E-state index is 13.0. The number of amides is 1. The predicted molar refractivity (Wildman–Crippen MR) is 76.8 cm³/mol. The summed E-state index contributed by atoms with van der Waals surface area (Å²) in [4.78, 5) is 11.7. The number of carbonyl (C=O) groups excluding carboxylic acids is 1. The van der Waals surface area contributed by atoms with Gasteiger partial charge >= 0.3 is 0 Å². The number of nitrogen functional groups attached to an aromatic ring is 1. The lowest BCUT2D eigenvalue weighted by atomic mass is 10.2. The van der Waals surface area contributed by atoms with Crippen LogP contribution >= 0.6 is 0 Å². The van der Waals surface area contributed by atoms with E-state index in [1.807, 2.05) is 13.8 Å². The summed E-state index contributed by atoms with van der Waals surface area (Å²) in [7, 11) is -1.21. The lowest BCUT2D eigenvalue weighted by Gasteiger charge is -2.10. The van der Waals surface area contributed by atoms with Crippen LogP contribution in [0.4, 0.5) is 15.8 Å². The smallest absolute Gasteiger partial charge is 0.237 e. The minimum absolute atomic E-state index is 0.0969. The largest absolute Gasteiger partial charge is 0.397 e. The van der Waals surface area contributed by atoms with E-state index in [0.29, 0.717) is 11.7 Å². The van der Waals surface area contributed by atoms with E-state index in [1.54, 1.807) is 0 Å². The molecule has 2 unspecified atom stereocenters. The Morgan fingerprint density at radius 2 is 2.21 bits per heavy atom. The molecule has 1 amide bonds. The molecular formula is C13H19FN2O2S. The summed E-state index contributed by atoms with van der Waals surface area (Å²) < 4.78 is 24.7. The first-order valence-electron chi connectivity index (χ1n) is 6.12. The molecule has 0 bridgehead atoms. The van der Waals surface area contributed by atoms with Crippen molar-refractivity contribution in [3.05, 3.63) is 24.0 Å². The Balaban J connectivity index is 2.55. The third-order valence-electron chi connectivity index (χ3n) is 2.75. The number of halogens is 1. The summed E-state index contributed by atoms with van der Waals surface area (Å²) in [5.74, 6) is -0.194. The molecule has 2 atom stereocenters. The van der Waals surface area contributed by atoms with Crippen LogP contribution in [0.25, 0.3) is 0 Å². The molecule has 0 spiro atoms. The van der Waals surface area contributed by atoms with Gasteiger partial charge < -0.3 is 11.1 Å². The SMILES string of the molecule is CCC(C)CS(=O)CC(=O)Nc1cc(F)ccc1N. The van der Waals surface area contributed by atoms with Crippen LogP contribution in [0, 0.1) is 11.7 Å². The van der Waals surface area contributed by atoms with Crippen molar-refractivity contribution in [2.24, 2.45) is 5.92 Å². The maximum Gasteiger partial charge on any atom is 0.237 e. The van der Waals surface area contributed by atoms with E-state index in [9.17, 15) is 13.4 Å². The van der Waals surface area contributed by atoms with Gasteiger partial charge in [-0.2, -0.15) is 0 Å². The predicted octanol–water partition coefficient (Wildman–Crippen LogP) is 2.14. The van der Waals surface area contributed by atoms with Crippen LogP contribution in [0.2, 0.25) is 0 Å². The molecule has 0 aromatic heterocycles. The molecule has 0 fully saturated rings. The number of benzene rings is 1. The van der Waals surface area contributed by atoms with Gasteiger partial charge in [0.05, 0.1) is 11.4 Å². The fourth-order valence-electron chi connectivity index (χ4n) is 1.46. The van der Waals surface area contributed by atoms with Crippen molar-refractivity contribution in [2.75, 3.05) is 22.6 Å². The molecule has 0 aliphatic carbocycles. The van der Waals surface area contributed by atoms with E-state index in [4.69, 9.17) is 5.73 Å². The summed E-state index contributed by atoms with van der Waals surface area (Å²) in [6.45, 7) is 4.00. The Kier molecular flexibility index (Phi) is 5.95. The monoisotopic (exact) mass is 286 g/mol. The summed E-state index contributed by atoms with van der Waals surface area (Å²) in [6, 6.07) is 3.73. The molecule has 0 heterocycles. The van der Waals surface area contributed by atoms with E-state index in [1.165, 1.54) is 12.1 Å². The Morgan fingerprint density at radius 1 is 1.53 bits per heavy atom. The van der Waals surface area contributed by atoms with Crippen LogP contribution in [0.1, 0.15) is 20.3 Å². The molecule has 3 N–H and O–H groups in total. The molecule has 0 radical (unpaired) electrons. The number of hydrogen-bond acceptors (Lipinski definition) is 3. The van der Waals surface area contributed by atoms with Crippen LogP contribution in [-0.4, -0.2) is 21.6 Å². The number of nitrogens with two attached hydrogens (primary N) is 1. The van der Waals surface area contributed by atoms with Crippen molar-refractivity contribution in [1.29, 1.82) is 0 Å². The molecule has 106 valence electrons. The zero-order valence-corrected chi connectivity index (χ0v) is 11.9. The van der Waals surface area contributed by atoms with E-state index < -0.39 is 22.5 Å². The molecule has 0 aliphatic rings. The average Bonchev–Trinajstić information content (AvgIpc) is 2.33. The van der Waals surface area contributed by atoms with Gasteiger partial charge in [-0.25, -0.2) is 4.39 Å². The van der Waals surface area contributed by atoms with E-state index in [0.717, 1.165) is 12.5 Å². The first-order valence-corrected chi connectivity index (χ1v) is 7.61. The molecule has 6 heteroatoms. The second-order valence-corrected chi connectivity index (χ2v) is 6.05. The van der Waals surface area contributed by atoms with Gasteiger partial charge in [-0.1, -0.05) is 20.3 Å². The fourth-order valence-corrected chi connectivity index (χ4v) is 2.82. The highest BCUT2D eigenvalue weighted by atomic mass is 32.2. The van der Waals surface area contributed by atoms with Crippen molar-refractivity contribution in [1.82, 2.24) is 0 Å². The lowest BCUT2D eigenvalue weighted by molar-refractivity contribution is -0.113. The lowest BCUT2D eigenvalue weighted by Crippen LogP contribution is -2.23. The van der Waals surface area contributed by atoms with Gasteiger partial charge in [0.1, 0.15) is 11.6 Å². The number of anilines is 2. The van der Waals surface area contributed by atoms with E-state index >= 15 is 0 Å². The highest BCUT2D eigenvalue weighted by Gasteiger charge is 2.12. The number of carbonyl (C=O) groups is 1. The summed E-state index contributed by atoms with van der Waals surface area (Å²) >= 11 is 0. The van der Waals surface area contributed by atoms with Crippen molar-refractivity contribution in [2.45, 2.75) is 20.3 Å². The third kappa shape index (κ3) is 5.38. The second-order valence-electron chi connectivity index (χ2n) is 4.54. The van der Waals surface area contributed by atoms with Crippen LogP contribution in [0.5, 0.6) is 0 Å². The van der Waals surface area contributed by atoms with Crippen LogP contribution in [0.3, 0.4) is 0 Å². The Hall–Kier alpha value is -1.43. The van der Waals surface area contributed by atoms with Crippen molar-refractivity contribution in [3.63, 3.8) is 0 Å². The molecule has 0 aliphatic heterocycles. The van der Waals surface area contributed by atoms with Gasteiger partial charge in [0, 0.05) is 16.6 Å². The molecule has 1 aromatic rings. The summed E-state index contributed by atoms with van der Waals surface area (Å²) in [5, 5.41) is 2.48. The second kappa shape index (κ2) is 7.23. The van der Waals surface area contributed by atoms with Crippen molar-refractivity contribution < 1.29 is 13.4 Å². The minimum Gasteiger partial charge on any atom is -0.397 e. The van der Waals surface area contributed by atoms with Gasteiger partial charge in [-0.05, 0) is 24.1 Å². The number of nitrogens with one attached hydrogen (secondary N) is 1. The Bertz CT molecular complexity index is 480. The normalized spacial score (nSPS) is 13.8. The van der Waals surface area contributed by atoms with Crippen molar-refractivity contribution in [3.8, 4) is 0 Å². The zero-order chi connectivity index (χ0) is 14.4. The maximum absolute atomic E-state index is 13.0. The quantitative estimate of drug-likeness (QED) is 0.787. The first-order chi connectivity index (χ1) is 8.92. The van der Waals surface area contributed by atoms with Crippen LogP contribution in [0.15, 0.2) is 18.2 Å². The van der Waals surface area contributed by atoms with E-state index in [2.05, 4.69) is 5.32 Å². The Labute approximate surface area is 115 Å². The fraction of sp³-hybridized carbons (Fsp3) is 0.462. The van der Waals surface area contributed by atoms with Gasteiger partial charge in [0.15, 0.2) is 0 Å². The van der Waals surface area contributed by atoms with Gasteiger partial charge in [-0.15, -0.1) is 0 Å².